The second-order valence-corrected chi connectivity index (χ2v) is 8.86. The number of hydrogen-bond donors (Lipinski definition) is 0. The van der Waals surface area contributed by atoms with Gasteiger partial charge in [-0.15, -0.1) is 0 Å². The van der Waals surface area contributed by atoms with E-state index in [0.717, 1.165) is 5.56 Å². The Labute approximate surface area is 204 Å². The molecule has 0 saturated carbocycles. The Morgan fingerprint density at radius 2 is 1.49 bits per heavy atom. The van der Waals surface area contributed by atoms with Crippen molar-refractivity contribution in [1.29, 1.82) is 0 Å². The Morgan fingerprint density at radius 1 is 0.886 bits per heavy atom. The maximum absolute atomic E-state index is 13.6. The van der Waals surface area contributed by atoms with Crippen LogP contribution in [0.25, 0.3) is 0 Å². The van der Waals surface area contributed by atoms with E-state index in [1.165, 1.54) is 16.8 Å². The fraction of sp³-hybridized carbons (Fsp3) is 0.286. The van der Waals surface area contributed by atoms with Gasteiger partial charge in [-0.3, -0.25) is 23.7 Å². The van der Waals surface area contributed by atoms with Crippen molar-refractivity contribution in [3.8, 4) is 0 Å². The van der Waals surface area contributed by atoms with Gasteiger partial charge in [-0.05, 0) is 24.5 Å². The van der Waals surface area contributed by atoms with E-state index in [0.29, 0.717) is 38.0 Å². The van der Waals surface area contributed by atoms with Crippen molar-refractivity contribution < 1.29 is 14.4 Å². The average Bonchev–Trinajstić information content (AvgIpc) is 2.90. The minimum absolute atomic E-state index is 0.0529. The molecule has 7 heteroatoms. The van der Waals surface area contributed by atoms with Crippen LogP contribution in [0.3, 0.4) is 0 Å². The van der Waals surface area contributed by atoms with Crippen LogP contribution in [0.5, 0.6) is 0 Å². The lowest BCUT2D eigenvalue weighted by Crippen LogP contribution is -2.48. The Kier molecular flexibility index (Phi) is 7.55. The van der Waals surface area contributed by atoms with Crippen LogP contribution in [0.15, 0.2) is 89.9 Å². The molecule has 2 aromatic carbocycles. The largest absolute Gasteiger partial charge is 0.341 e. The van der Waals surface area contributed by atoms with Crippen LogP contribution in [0.4, 0.5) is 0 Å². The maximum Gasteiger partial charge on any atom is 0.253 e. The zero-order valence-corrected chi connectivity index (χ0v) is 19.7. The van der Waals surface area contributed by atoms with E-state index in [2.05, 4.69) is 0 Å². The second kappa shape index (κ2) is 11.0. The summed E-state index contributed by atoms with van der Waals surface area (Å²) in [5, 5.41) is 0. The zero-order valence-electron chi connectivity index (χ0n) is 19.7. The Bertz CT molecular complexity index is 1230. The Morgan fingerprint density at radius 3 is 2.11 bits per heavy atom. The number of rotatable bonds is 7. The van der Waals surface area contributed by atoms with Gasteiger partial charge in [0.2, 0.25) is 5.91 Å². The van der Waals surface area contributed by atoms with Gasteiger partial charge in [0.15, 0.2) is 11.8 Å². The lowest BCUT2D eigenvalue weighted by molar-refractivity contribution is -0.141. The van der Waals surface area contributed by atoms with Crippen molar-refractivity contribution >= 4 is 17.6 Å². The van der Waals surface area contributed by atoms with Crippen LogP contribution in [0.1, 0.15) is 34.8 Å². The molecule has 0 N–H and O–H groups in total. The molecule has 3 aromatic rings. The molecule has 35 heavy (non-hydrogen) atoms. The molecule has 0 aliphatic carbocycles. The smallest absolute Gasteiger partial charge is 0.253 e. The highest BCUT2D eigenvalue weighted by Gasteiger charge is 2.36. The van der Waals surface area contributed by atoms with Gasteiger partial charge >= 0.3 is 0 Å². The predicted molar refractivity (Wildman–Crippen MR) is 133 cm³/mol. The van der Waals surface area contributed by atoms with E-state index in [1.807, 2.05) is 30.3 Å². The first-order chi connectivity index (χ1) is 17.0. The highest BCUT2D eigenvalue weighted by Crippen LogP contribution is 2.24. The van der Waals surface area contributed by atoms with Crippen LogP contribution >= 0.6 is 0 Å². The number of piperidine rings is 1. The molecule has 1 atom stereocenters. The van der Waals surface area contributed by atoms with Crippen LogP contribution in [-0.2, 0) is 16.1 Å². The van der Waals surface area contributed by atoms with Gasteiger partial charge in [-0.2, -0.15) is 0 Å². The quantitative estimate of drug-likeness (QED) is 0.392. The number of aromatic nitrogens is 1. The second-order valence-electron chi connectivity index (χ2n) is 8.86. The fourth-order valence-electron chi connectivity index (χ4n) is 4.54. The third kappa shape index (κ3) is 5.57. The van der Waals surface area contributed by atoms with Crippen molar-refractivity contribution in [2.24, 2.45) is 5.92 Å². The summed E-state index contributed by atoms with van der Waals surface area (Å²) in [6, 6.07) is 21.6. The first-order valence-electron chi connectivity index (χ1n) is 11.8. The number of benzene rings is 2. The number of Topliss-reactive ketones (excluding diaryl/α,β-unsaturated/α-hetero) is 1. The molecular weight excluding hydrogens is 442 g/mol. The molecule has 1 saturated heterocycles. The van der Waals surface area contributed by atoms with Gasteiger partial charge in [0.25, 0.3) is 11.5 Å². The number of ketones is 1. The summed E-state index contributed by atoms with van der Waals surface area (Å²) in [6.07, 6.45) is 2.50. The number of hydrogen-bond acceptors (Lipinski definition) is 4. The predicted octanol–water partition coefficient (Wildman–Crippen LogP) is 3.17. The molecule has 1 fully saturated rings. The highest BCUT2D eigenvalue weighted by molar-refractivity contribution is 6.11. The van der Waals surface area contributed by atoms with Gasteiger partial charge in [0.1, 0.15) is 0 Å². The summed E-state index contributed by atoms with van der Waals surface area (Å²) in [7, 11) is 1.79. The summed E-state index contributed by atoms with van der Waals surface area (Å²) in [4.78, 5) is 55.8. The number of carbonyl (C=O) groups is 3. The van der Waals surface area contributed by atoms with Crippen molar-refractivity contribution in [2.45, 2.75) is 25.4 Å². The van der Waals surface area contributed by atoms with Crippen molar-refractivity contribution in [1.82, 2.24) is 14.4 Å². The summed E-state index contributed by atoms with van der Waals surface area (Å²) < 4.78 is 1.20. The van der Waals surface area contributed by atoms with Crippen molar-refractivity contribution in [3.05, 3.63) is 107 Å². The number of likely N-dealkylation sites (tertiary alicyclic amines) is 1. The van der Waals surface area contributed by atoms with Gasteiger partial charge in [0.05, 0.1) is 0 Å². The third-order valence-electron chi connectivity index (χ3n) is 6.46. The molecule has 1 aromatic heterocycles. The molecule has 1 aliphatic heterocycles. The van der Waals surface area contributed by atoms with Crippen molar-refractivity contribution in [3.63, 3.8) is 0 Å². The van der Waals surface area contributed by atoms with Crippen LogP contribution < -0.4 is 5.56 Å². The van der Waals surface area contributed by atoms with E-state index >= 15 is 0 Å². The van der Waals surface area contributed by atoms with E-state index in [1.54, 1.807) is 59.3 Å². The molecule has 2 heterocycles. The number of pyridine rings is 1. The third-order valence-corrected chi connectivity index (χ3v) is 6.46. The molecule has 0 spiro atoms. The van der Waals surface area contributed by atoms with Gasteiger partial charge in [0, 0.05) is 50.4 Å². The van der Waals surface area contributed by atoms with E-state index in [4.69, 9.17) is 0 Å². The van der Waals surface area contributed by atoms with Crippen LogP contribution in [-0.4, -0.2) is 52.1 Å². The highest BCUT2D eigenvalue weighted by atomic mass is 16.2. The number of nitrogens with zero attached hydrogens (tertiary/aromatic N) is 3. The minimum Gasteiger partial charge on any atom is -0.341 e. The van der Waals surface area contributed by atoms with Gasteiger partial charge in [-0.1, -0.05) is 66.7 Å². The topological polar surface area (TPSA) is 79.7 Å². The van der Waals surface area contributed by atoms with Crippen molar-refractivity contribution in [2.75, 3.05) is 20.1 Å². The monoisotopic (exact) mass is 471 g/mol. The Hall–Kier alpha value is -4.00. The zero-order chi connectivity index (χ0) is 24.8. The average molecular weight is 472 g/mol. The summed E-state index contributed by atoms with van der Waals surface area (Å²) in [5.74, 6) is -0.979. The number of carbonyl (C=O) groups excluding carboxylic acids is 3. The molecule has 0 bridgehead atoms. The van der Waals surface area contributed by atoms with Gasteiger partial charge in [-0.25, -0.2) is 0 Å². The van der Waals surface area contributed by atoms with E-state index in [9.17, 15) is 19.2 Å². The first kappa shape index (κ1) is 24.1. The molecule has 7 nitrogen and oxygen atoms in total. The minimum atomic E-state index is -1.28. The van der Waals surface area contributed by atoms with E-state index < -0.39 is 23.3 Å². The normalized spacial score (nSPS) is 14.8. The lowest BCUT2D eigenvalue weighted by atomic mass is 9.94. The summed E-state index contributed by atoms with van der Waals surface area (Å²) in [6.45, 7) is 1.24. The summed E-state index contributed by atoms with van der Waals surface area (Å²) >= 11 is 0. The molecule has 1 aliphatic rings. The lowest BCUT2D eigenvalue weighted by Gasteiger charge is -2.35. The molecule has 2 amide bonds. The molecule has 4 rings (SSSR count). The molecule has 0 radical (unpaired) electrons. The first-order valence-corrected chi connectivity index (χ1v) is 11.8. The standard InChI is InChI=1S/C28H29N3O4/c1-29(20-21-10-4-2-5-11-21)27(34)23-15-18-30(19-16-23)28(35)25(31-17-9-8-14-24(31)32)26(33)22-12-6-3-7-13-22/h2-14,17,23,25H,15-16,18-20H2,1H3. The molecule has 1 unspecified atom stereocenters. The SMILES string of the molecule is CN(Cc1ccccc1)C(=O)C1CCN(C(=O)C(C(=O)c2ccccc2)n2ccccc2=O)CC1. The Balaban J connectivity index is 1.46. The van der Waals surface area contributed by atoms with E-state index in [-0.39, 0.29) is 11.8 Å². The van der Waals surface area contributed by atoms with Crippen LogP contribution in [0.2, 0.25) is 0 Å². The maximum atomic E-state index is 13.6. The van der Waals surface area contributed by atoms with Crippen LogP contribution in [0, 0.1) is 5.92 Å². The fourth-order valence-corrected chi connectivity index (χ4v) is 4.54. The summed E-state index contributed by atoms with van der Waals surface area (Å²) in [5.41, 5.74) is 1.02. The van der Waals surface area contributed by atoms with Gasteiger partial charge < -0.3 is 9.80 Å². The molecular formula is C28H29N3O4. The number of amides is 2. The molecule has 180 valence electrons.